The molecule has 1 fully saturated rings. The van der Waals surface area contributed by atoms with E-state index in [4.69, 9.17) is 0 Å². The van der Waals surface area contributed by atoms with Gasteiger partial charge in [-0.2, -0.15) is 0 Å². The lowest BCUT2D eigenvalue weighted by Gasteiger charge is -2.27. The van der Waals surface area contributed by atoms with Crippen LogP contribution in [0.5, 0.6) is 0 Å². The van der Waals surface area contributed by atoms with Gasteiger partial charge >= 0.3 is 0 Å². The second-order valence-electron chi connectivity index (χ2n) is 6.00. The number of amides is 1. The quantitative estimate of drug-likeness (QED) is 0.846. The van der Waals surface area contributed by atoms with Gasteiger partial charge in [-0.1, -0.05) is 25.0 Å². The Labute approximate surface area is 127 Å². The van der Waals surface area contributed by atoms with Crippen LogP contribution in [0.2, 0.25) is 0 Å². The highest BCUT2D eigenvalue weighted by Crippen LogP contribution is 2.23. The van der Waals surface area contributed by atoms with Crippen LogP contribution in [0.1, 0.15) is 36.8 Å². The lowest BCUT2D eigenvalue weighted by atomic mass is 10.1. The van der Waals surface area contributed by atoms with Gasteiger partial charge in [0, 0.05) is 18.3 Å². The van der Waals surface area contributed by atoms with Crippen molar-refractivity contribution in [2.75, 3.05) is 25.0 Å². The summed E-state index contributed by atoms with van der Waals surface area (Å²) < 4.78 is 0. The van der Waals surface area contributed by atoms with Crippen LogP contribution in [0.15, 0.2) is 18.2 Å². The smallest absolute Gasteiger partial charge is 0.238 e. The zero-order valence-corrected chi connectivity index (χ0v) is 13.1. The van der Waals surface area contributed by atoms with Crippen LogP contribution in [0.4, 0.5) is 5.69 Å². The largest absolute Gasteiger partial charge is 0.395 e. The number of rotatable bonds is 6. The first-order valence-corrected chi connectivity index (χ1v) is 7.82. The summed E-state index contributed by atoms with van der Waals surface area (Å²) in [5.74, 6) is 0.00375. The molecule has 1 aliphatic rings. The number of nitrogens with zero attached hydrogens (tertiary/aromatic N) is 1. The molecule has 1 saturated carbocycles. The van der Waals surface area contributed by atoms with Gasteiger partial charge in [-0.25, -0.2) is 0 Å². The zero-order chi connectivity index (χ0) is 15.2. The molecule has 1 aliphatic carbocycles. The molecule has 0 aromatic heterocycles. The summed E-state index contributed by atoms with van der Waals surface area (Å²) in [6, 6.07) is 6.51. The first-order chi connectivity index (χ1) is 10.1. The Bertz CT molecular complexity index is 482. The van der Waals surface area contributed by atoms with Crippen molar-refractivity contribution in [1.82, 2.24) is 4.90 Å². The van der Waals surface area contributed by atoms with E-state index in [2.05, 4.69) is 10.2 Å². The fraction of sp³-hybridized carbons (Fsp3) is 0.588. The molecular formula is C17H26N2O2. The molecular weight excluding hydrogens is 264 g/mol. The standard InChI is InChI=1S/C17H26N2O2/c1-13-7-8-14(2)16(11-13)18-17(21)12-19(9-10-20)15-5-3-4-6-15/h7-8,11,15,20H,3-6,9-10,12H2,1-2H3,(H,18,21). The number of aliphatic hydroxyl groups excluding tert-OH is 1. The Morgan fingerprint density at radius 2 is 2.05 bits per heavy atom. The van der Waals surface area contributed by atoms with Crippen LogP contribution < -0.4 is 5.32 Å². The molecule has 116 valence electrons. The van der Waals surface area contributed by atoms with Gasteiger partial charge in [0.1, 0.15) is 0 Å². The van der Waals surface area contributed by atoms with E-state index < -0.39 is 0 Å². The number of anilines is 1. The number of benzene rings is 1. The third kappa shape index (κ3) is 4.55. The first kappa shape index (κ1) is 16.0. The number of hydrogen-bond acceptors (Lipinski definition) is 3. The molecule has 1 aromatic carbocycles. The predicted octanol–water partition coefficient (Wildman–Crippen LogP) is 2.48. The third-order valence-corrected chi connectivity index (χ3v) is 4.24. The Hall–Kier alpha value is -1.39. The highest BCUT2D eigenvalue weighted by Gasteiger charge is 2.24. The van der Waals surface area contributed by atoms with Crippen molar-refractivity contribution in [1.29, 1.82) is 0 Å². The van der Waals surface area contributed by atoms with Crippen molar-refractivity contribution >= 4 is 11.6 Å². The number of carbonyl (C=O) groups is 1. The Morgan fingerprint density at radius 3 is 2.71 bits per heavy atom. The van der Waals surface area contributed by atoms with E-state index in [-0.39, 0.29) is 12.5 Å². The minimum atomic E-state index is 0.00375. The number of hydrogen-bond donors (Lipinski definition) is 2. The summed E-state index contributed by atoms with van der Waals surface area (Å²) in [6.07, 6.45) is 4.73. The van der Waals surface area contributed by atoms with Gasteiger partial charge in [0.25, 0.3) is 0 Å². The average Bonchev–Trinajstić information content (AvgIpc) is 2.96. The molecule has 0 bridgehead atoms. The number of aryl methyl sites for hydroxylation is 2. The topological polar surface area (TPSA) is 52.6 Å². The van der Waals surface area contributed by atoms with E-state index in [1.165, 1.54) is 12.8 Å². The van der Waals surface area contributed by atoms with E-state index in [0.717, 1.165) is 29.7 Å². The number of carbonyl (C=O) groups excluding carboxylic acids is 1. The zero-order valence-electron chi connectivity index (χ0n) is 13.1. The highest BCUT2D eigenvalue weighted by atomic mass is 16.3. The maximum atomic E-state index is 12.3. The minimum Gasteiger partial charge on any atom is -0.395 e. The van der Waals surface area contributed by atoms with Gasteiger partial charge < -0.3 is 10.4 Å². The van der Waals surface area contributed by atoms with Crippen molar-refractivity contribution in [2.24, 2.45) is 0 Å². The van der Waals surface area contributed by atoms with Gasteiger partial charge in [-0.3, -0.25) is 9.69 Å². The van der Waals surface area contributed by atoms with Crippen LogP contribution in [-0.2, 0) is 4.79 Å². The van der Waals surface area contributed by atoms with Crippen LogP contribution >= 0.6 is 0 Å². The van der Waals surface area contributed by atoms with Crippen LogP contribution in [0.25, 0.3) is 0 Å². The first-order valence-electron chi connectivity index (χ1n) is 7.82. The maximum Gasteiger partial charge on any atom is 0.238 e. The van der Waals surface area contributed by atoms with Gasteiger partial charge in [-0.15, -0.1) is 0 Å². The number of nitrogens with one attached hydrogen (secondary N) is 1. The van der Waals surface area contributed by atoms with Gasteiger partial charge in [-0.05, 0) is 43.9 Å². The van der Waals surface area contributed by atoms with Crippen LogP contribution in [-0.4, -0.2) is 41.7 Å². The van der Waals surface area contributed by atoms with Crippen LogP contribution in [0.3, 0.4) is 0 Å². The van der Waals surface area contributed by atoms with Gasteiger partial charge in [0.15, 0.2) is 0 Å². The molecule has 0 spiro atoms. The minimum absolute atomic E-state index is 0.00375. The fourth-order valence-corrected chi connectivity index (χ4v) is 3.03. The average molecular weight is 290 g/mol. The van der Waals surface area contributed by atoms with E-state index in [0.29, 0.717) is 19.1 Å². The molecule has 0 unspecified atom stereocenters. The van der Waals surface area contributed by atoms with E-state index in [1.54, 1.807) is 0 Å². The van der Waals surface area contributed by atoms with E-state index in [9.17, 15) is 9.90 Å². The molecule has 4 nitrogen and oxygen atoms in total. The normalized spacial score (nSPS) is 15.6. The van der Waals surface area contributed by atoms with Crippen LogP contribution in [0, 0.1) is 13.8 Å². The molecule has 0 aliphatic heterocycles. The lowest BCUT2D eigenvalue weighted by molar-refractivity contribution is -0.118. The summed E-state index contributed by atoms with van der Waals surface area (Å²) >= 11 is 0. The molecule has 1 aromatic rings. The van der Waals surface area contributed by atoms with Gasteiger partial charge in [0.05, 0.1) is 13.2 Å². The number of aliphatic hydroxyl groups is 1. The maximum absolute atomic E-state index is 12.3. The van der Waals surface area contributed by atoms with Crippen molar-refractivity contribution < 1.29 is 9.90 Å². The SMILES string of the molecule is Cc1ccc(C)c(NC(=O)CN(CCO)C2CCCC2)c1. The lowest BCUT2D eigenvalue weighted by Crippen LogP contribution is -2.41. The molecule has 0 heterocycles. The third-order valence-electron chi connectivity index (χ3n) is 4.24. The highest BCUT2D eigenvalue weighted by molar-refractivity contribution is 5.93. The molecule has 0 atom stereocenters. The molecule has 2 N–H and O–H groups in total. The van der Waals surface area contributed by atoms with E-state index in [1.807, 2.05) is 32.0 Å². The Morgan fingerprint density at radius 1 is 1.33 bits per heavy atom. The molecule has 0 saturated heterocycles. The second-order valence-corrected chi connectivity index (χ2v) is 6.00. The summed E-state index contributed by atoms with van der Waals surface area (Å²) in [5, 5.41) is 12.2. The predicted molar refractivity (Wildman–Crippen MR) is 85.5 cm³/mol. The van der Waals surface area contributed by atoms with Crippen molar-refractivity contribution in [3.63, 3.8) is 0 Å². The summed E-state index contributed by atoms with van der Waals surface area (Å²) in [6.45, 7) is 5.06. The summed E-state index contributed by atoms with van der Waals surface area (Å²) in [4.78, 5) is 14.4. The molecule has 1 amide bonds. The summed E-state index contributed by atoms with van der Waals surface area (Å²) in [7, 11) is 0. The second kappa shape index (κ2) is 7.57. The van der Waals surface area contributed by atoms with Gasteiger partial charge in [0.2, 0.25) is 5.91 Å². The van der Waals surface area contributed by atoms with Crippen molar-refractivity contribution in [3.8, 4) is 0 Å². The van der Waals surface area contributed by atoms with Crippen molar-refractivity contribution in [2.45, 2.75) is 45.6 Å². The van der Waals surface area contributed by atoms with Crippen molar-refractivity contribution in [3.05, 3.63) is 29.3 Å². The molecule has 21 heavy (non-hydrogen) atoms. The molecule has 0 radical (unpaired) electrons. The van der Waals surface area contributed by atoms with E-state index >= 15 is 0 Å². The fourth-order valence-electron chi connectivity index (χ4n) is 3.03. The molecule has 2 rings (SSSR count). The Kier molecular flexibility index (Phi) is 5.76. The Balaban J connectivity index is 1.96. The molecule has 4 heteroatoms. The monoisotopic (exact) mass is 290 g/mol. The summed E-state index contributed by atoms with van der Waals surface area (Å²) in [5.41, 5.74) is 3.10.